The minimum Gasteiger partial charge on any atom is -0.459 e. The summed E-state index contributed by atoms with van der Waals surface area (Å²) in [5.74, 6) is -0.681. The number of pyridine rings is 1. The molecule has 140 valence electrons. The largest absolute Gasteiger partial charge is 0.459 e. The number of rotatable bonds is 4. The van der Waals surface area contributed by atoms with Crippen LogP contribution < -0.4 is 10.2 Å². The van der Waals surface area contributed by atoms with Crippen molar-refractivity contribution in [3.8, 4) is 5.69 Å². The van der Waals surface area contributed by atoms with Crippen LogP contribution in [0.4, 0.5) is 15.8 Å². The van der Waals surface area contributed by atoms with Crippen LogP contribution in [-0.4, -0.2) is 33.8 Å². The van der Waals surface area contributed by atoms with Gasteiger partial charge in [-0.05, 0) is 42.8 Å². The van der Waals surface area contributed by atoms with Gasteiger partial charge in [-0.2, -0.15) is 0 Å². The molecule has 1 aliphatic heterocycles. The summed E-state index contributed by atoms with van der Waals surface area (Å²) in [6.45, 7) is 2.04. The molecule has 4 aromatic rings. The van der Waals surface area contributed by atoms with Crippen molar-refractivity contribution >= 4 is 28.3 Å². The summed E-state index contributed by atoms with van der Waals surface area (Å²) in [6, 6.07) is 9.49. The van der Waals surface area contributed by atoms with Crippen molar-refractivity contribution in [2.24, 2.45) is 0 Å². The molecule has 0 atom stereocenters. The van der Waals surface area contributed by atoms with E-state index in [1.807, 2.05) is 6.07 Å². The zero-order chi connectivity index (χ0) is 19.1. The summed E-state index contributed by atoms with van der Waals surface area (Å²) < 4.78 is 21.0. The minimum atomic E-state index is -0.452. The number of carbonyl (C=O) groups excluding carboxylic acids is 1. The van der Waals surface area contributed by atoms with E-state index < -0.39 is 11.7 Å². The summed E-state index contributed by atoms with van der Waals surface area (Å²) in [7, 11) is 0. The van der Waals surface area contributed by atoms with Crippen LogP contribution in [0.5, 0.6) is 0 Å². The van der Waals surface area contributed by atoms with Crippen LogP contribution >= 0.6 is 0 Å². The molecule has 0 bridgehead atoms. The van der Waals surface area contributed by atoms with E-state index in [1.54, 1.807) is 24.5 Å². The number of benzene rings is 1. The molecule has 28 heavy (non-hydrogen) atoms. The van der Waals surface area contributed by atoms with Crippen LogP contribution in [0.25, 0.3) is 16.7 Å². The summed E-state index contributed by atoms with van der Waals surface area (Å²) >= 11 is 0. The Bertz CT molecular complexity index is 1160. The molecule has 0 radical (unpaired) electrons. The fraction of sp³-hybridized carbons (Fsp3) is 0.150. The topological polar surface area (TPSA) is 76.2 Å². The maximum Gasteiger partial charge on any atom is 0.291 e. The SMILES string of the molecule is O=C(Nc1ccc(F)c(-n2cc3cc(N4CCC4)cnc3n2)c1)c1ccco1. The van der Waals surface area contributed by atoms with E-state index in [-0.39, 0.29) is 11.4 Å². The molecule has 1 amide bonds. The molecule has 1 aromatic carbocycles. The molecular formula is C20H16FN5O2. The number of hydrogen-bond donors (Lipinski definition) is 1. The summed E-state index contributed by atoms with van der Waals surface area (Å²) in [5.41, 5.74) is 2.24. The molecule has 0 aliphatic carbocycles. The van der Waals surface area contributed by atoms with Gasteiger partial charge in [0.05, 0.1) is 18.1 Å². The first-order chi connectivity index (χ1) is 13.7. The highest BCUT2D eigenvalue weighted by atomic mass is 19.1. The van der Waals surface area contributed by atoms with Crippen LogP contribution in [0, 0.1) is 5.82 Å². The lowest BCUT2D eigenvalue weighted by molar-refractivity contribution is 0.0996. The molecule has 1 N–H and O–H groups in total. The molecule has 3 aromatic heterocycles. The monoisotopic (exact) mass is 377 g/mol. The van der Waals surface area contributed by atoms with E-state index in [2.05, 4.69) is 20.3 Å². The molecule has 8 heteroatoms. The first-order valence-corrected chi connectivity index (χ1v) is 8.92. The number of aromatic nitrogens is 3. The standard InChI is InChI=1S/C20H16FN5O2/c21-16-5-4-14(23-20(27)18-3-1-8-28-18)10-17(16)26-12-13-9-15(25-6-2-7-25)11-22-19(13)24-26/h1,3-5,8-12H,2,6-7H2,(H,23,27). The van der Waals surface area contributed by atoms with Gasteiger partial charge in [0.2, 0.25) is 0 Å². The zero-order valence-corrected chi connectivity index (χ0v) is 14.8. The van der Waals surface area contributed by atoms with Crippen molar-refractivity contribution in [2.45, 2.75) is 6.42 Å². The van der Waals surface area contributed by atoms with Crippen LogP contribution in [0.2, 0.25) is 0 Å². The van der Waals surface area contributed by atoms with Gasteiger partial charge in [-0.1, -0.05) is 0 Å². The normalized spacial score (nSPS) is 13.5. The van der Waals surface area contributed by atoms with Crippen molar-refractivity contribution in [1.82, 2.24) is 14.8 Å². The Morgan fingerprint density at radius 2 is 2.11 bits per heavy atom. The van der Waals surface area contributed by atoms with Crippen molar-refractivity contribution in [3.05, 3.63) is 66.6 Å². The van der Waals surface area contributed by atoms with Gasteiger partial charge in [0.1, 0.15) is 11.5 Å². The van der Waals surface area contributed by atoms with Gasteiger partial charge in [-0.25, -0.2) is 14.1 Å². The van der Waals surface area contributed by atoms with Gasteiger partial charge in [0.15, 0.2) is 11.4 Å². The Morgan fingerprint density at radius 1 is 1.21 bits per heavy atom. The lowest BCUT2D eigenvalue weighted by atomic mass is 10.2. The van der Waals surface area contributed by atoms with Crippen molar-refractivity contribution < 1.29 is 13.6 Å². The molecule has 0 spiro atoms. The third-order valence-corrected chi connectivity index (χ3v) is 4.76. The molecule has 1 fully saturated rings. The predicted octanol–water partition coefficient (Wildman–Crippen LogP) is 3.62. The Kier molecular flexibility index (Phi) is 3.82. The van der Waals surface area contributed by atoms with Crippen molar-refractivity contribution in [3.63, 3.8) is 0 Å². The van der Waals surface area contributed by atoms with Gasteiger partial charge in [0, 0.05) is 30.4 Å². The van der Waals surface area contributed by atoms with Crippen LogP contribution in [0.3, 0.4) is 0 Å². The number of nitrogens with zero attached hydrogens (tertiary/aromatic N) is 4. The first-order valence-electron chi connectivity index (χ1n) is 8.92. The quantitative estimate of drug-likeness (QED) is 0.588. The highest BCUT2D eigenvalue weighted by Gasteiger charge is 2.17. The Labute approximate surface area is 159 Å². The van der Waals surface area contributed by atoms with Crippen LogP contribution in [0.1, 0.15) is 17.0 Å². The highest BCUT2D eigenvalue weighted by Crippen LogP contribution is 2.25. The second-order valence-electron chi connectivity index (χ2n) is 6.62. The Balaban J connectivity index is 1.47. The molecule has 0 unspecified atom stereocenters. The molecule has 1 saturated heterocycles. The second kappa shape index (κ2) is 6.49. The van der Waals surface area contributed by atoms with E-state index in [1.165, 1.54) is 35.6 Å². The number of nitrogens with one attached hydrogen (secondary N) is 1. The smallest absolute Gasteiger partial charge is 0.291 e. The predicted molar refractivity (Wildman–Crippen MR) is 102 cm³/mol. The molecule has 4 heterocycles. The number of fused-ring (bicyclic) bond motifs is 1. The van der Waals surface area contributed by atoms with E-state index >= 15 is 0 Å². The highest BCUT2D eigenvalue weighted by molar-refractivity contribution is 6.02. The number of halogens is 1. The Hall–Kier alpha value is -3.68. The number of anilines is 2. The number of carbonyl (C=O) groups is 1. The lowest BCUT2D eigenvalue weighted by Crippen LogP contribution is -2.36. The number of amides is 1. The third-order valence-electron chi connectivity index (χ3n) is 4.76. The first kappa shape index (κ1) is 16.5. The maximum atomic E-state index is 14.4. The van der Waals surface area contributed by atoms with Gasteiger partial charge < -0.3 is 14.6 Å². The zero-order valence-electron chi connectivity index (χ0n) is 14.8. The van der Waals surface area contributed by atoms with E-state index in [4.69, 9.17) is 4.42 Å². The summed E-state index contributed by atoms with van der Waals surface area (Å²) in [5, 5.41) is 7.89. The Morgan fingerprint density at radius 3 is 2.86 bits per heavy atom. The van der Waals surface area contributed by atoms with Crippen molar-refractivity contribution in [2.75, 3.05) is 23.3 Å². The van der Waals surface area contributed by atoms with Crippen LogP contribution in [0.15, 0.2) is 59.5 Å². The fourth-order valence-electron chi connectivity index (χ4n) is 3.14. The molecular weight excluding hydrogens is 361 g/mol. The fourth-order valence-corrected chi connectivity index (χ4v) is 3.14. The minimum absolute atomic E-state index is 0.179. The second-order valence-corrected chi connectivity index (χ2v) is 6.62. The molecule has 1 aliphatic rings. The average molecular weight is 377 g/mol. The van der Waals surface area contributed by atoms with Gasteiger partial charge >= 0.3 is 0 Å². The van der Waals surface area contributed by atoms with Gasteiger partial charge in [0.25, 0.3) is 5.91 Å². The lowest BCUT2D eigenvalue weighted by Gasteiger charge is -2.32. The molecule has 7 nitrogen and oxygen atoms in total. The van der Waals surface area contributed by atoms with E-state index in [0.717, 1.165) is 24.2 Å². The van der Waals surface area contributed by atoms with E-state index in [9.17, 15) is 9.18 Å². The number of hydrogen-bond acceptors (Lipinski definition) is 5. The van der Waals surface area contributed by atoms with Crippen LogP contribution in [-0.2, 0) is 0 Å². The summed E-state index contributed by atoms with van der Waals surface area (Å²) in [4.78, 5) is 18.8. The third kappa shape index (κ3) is 2.88. The van der Waals surface area contributed by atoms with Crippen molar-refractivity contribution in [1.29, 1.82) is 0 Å². The molecule has 0 saturated carbocycles. The van der Waals surface area contributed by atoms with E-state index in [0.29, 0.717) is 11.3 Å². The van der Waals surface area contributed by atoms with Gasteiger partial charge in [-0.3, -0.25) is 4.79 Å². The van der Waals surface area contributed by atoms with Gasteiger partial charge in [-0.15, -0.1) is 5.10 Å². The average Bonchev–Trinajstić information content (AvgIpc) is 3.31. The number of furan rings is 1. The summed E-state index contributed by atoms with van der Waals surface area (Å²) in [6.07, 6.45) is 6.12. The maximum absolute atomic E-state index is 14.4. The molecule has 5 rings (SSSR count).